The second kappa shape index (κ2) is 7.67. The molecular weight excluding hydrogens is 266 g/mol. The first-order valence-corrected chi connectivity index (χ1v) is 7.60. The Kier molecular flexibility index (Phi) is 5.60. The smallest absolute Gasteiger partial charge is 0.317 e. The molecule has 2 rings (SSSR count). The van der Waals surface area contributed by atoms with E-state index < -0.39 is 0 Å². The van der Waals surface area contributed by atoms with Crippen molar-refractivity contribution in [1.29, 1.82) is 0 Å². The monoisotopic (exact) mass is 289 g/mol. The van der Waals surface area contributed by atoms with Crippen LogP contribution in [0.2, 0.25) is 0 Å². The molecule has 5 nitrogen and oxygen atoms in total. The molecule has 0 aliphatic carbocycles. The number of aryl methyl sites for hydroxylation is 1. The number of nitrogens with zero attached hydrogens (tertiary/aromatic N) is 1. The molecule has 5 heteroatoms. The van der Waals surface area contributed by atoms with E-state index in [9.17, 15) is 9.59 Å². The van der Waals surface area contributed by atoms with Crippen LogP contribution in [0.5, 0.6) is 0 Å². The van der Waals surface area contributed by atoms with Crippen molar-refractivity contribution >= 4 is 17.6 Å². The van der Waals surface area contributed by atoms with E-state index in [1.807, 2.05) is 24.3 Å². The molecule has 2 N–H and O–H groups in total. The fourth-order valence-electron chi connectivity index (χ4n) is 2.34. The number of carbonyl (C=O) groups is 2. The summed E-state index contributed by atoms with van der Waals surface area (Å²) in [5.74, 6) is -0.159. The zero-order valence-electron chi connectivity index (χ0n) is 12.5. The molecule has 0 aromatic heterocycles. The average molecular weight is 289 g/mol. The van der Waals surface area contributed by atoms with Crippen LogP contribution in [0.25, 0.3) is 0 Å². The van der Waals surface area contributed by atoms with Gasteiger partial charge in [-0.15, -0.1) is 0 Å². The lowest BCUT2D eigenvalue weighted by molar-refractivity contribution is -0.116. The van der Waals surface area contributed by atoms with E-state index in [-0.39, 0.29) is 18.5 Å². The van der Waals surface area contributed by atoms with Gasteiger partial charge in [-0.05, 0) is 37.0 Å². The number of carbonyl (C=O) groups excluding carboxylic acids is 2. The van der Waals surface area contributed by atoms with E-state index in [2.05, 4.69) is 17.6 Å². The summed E-state index contributed by atoms with van der Waals surface area (Å²) in [6.45, 7) is 3.60. The highest BCUT2D eigenvalue weighted by Crippen LogP contribution is 2.12. The lowest BCUT2D eigenvalue weighted by Gasteiger charge is -2.26. The summed E-state index contributed by atoms with van der Waals surface area (Å²) in [5, 5.41) is 5.57. The SMILES string of the molecule is CCCCc1ccc(NC(=O)CN2CCCNC2=O)cc1. The van der Waals surface area contributed by atoms with Gasteiger partial charge in [-0.25, -0.2) is 4.79 Å². The van der Waals surface area contributed by atoms with Gasteiger partial charge in [0.1, 0.15) is 6.54 Å². The molecule has 0 spiro atoms. The Morgan fingerprint density at radius 1 is 1.33 bits per heavy atom. The second-order valence-corrected chi connectivity index (χ2v) is 5.36. The van der Waals surface area contributed by atoms with Gasteiger partial charge in [0.15, 0.2) is 0 Å². The van der Waals surface area contributed by atoms with Gasteiger partial charge in [0.05, 0.1) is 0 Å². The van der Waals surface area contributed by atoms with Crippen molar-refractivity contribution in [3.63, 3.8) is 0 Å². The van der Waals surface area contributed by atoms with Crippen LogP contribution in [0, 0.1) is 0 Å². The van der Waals surface area contributed by atoms with Crippen molar-refractivity contribution < 1.29 is 9.59 Å². The summed E-state index contributed by atoms with van der Waals surface area (Å²) in [6, 6.07) is 7.75. The fourth-order valence-corrected chi connectivity index (χ4v) is 2.34. The number of anilines is 1. The predicted octanol–water partition coefficient (Wildman–Crippen LogP) is 2.38. The van der Waals surface area contributed by atoms with Crippen LogP contribution >= 0.6 is 0 Å². The van der Waals surface area contributed by atoms with Crippen LogP contribution in [0.15, 0.2) is 24.3 Å². The van der Waals surface area contributed by atoms with E-state index in [0.29, 0.717) is 13.1 Å². The molecule has 1 aliphatic heterocycles. The van der Waals surface area contributed by atoms with Gasteiger partial charge < -0.3 is 15.5 Å². The molecule has 21 heavy (non-hydrogen) atoms. The van der Waals surface area contributed by atoms with Gasteiger partial charge >= 0.3 is 6.03 Å². The number of amides is 3. The Labute approximate surface area is 125 Å². The average Bonchev–Trinajstić information content (AvgIpc) is 2.49. The summed E-state index contributed by atoms with van der Waals surface area (Å²) in [7, 11) is 0. The van der Waals surface area contributed by atoms with Crippen molar-refractivity contribution in [3.8, 4) is 0 Å². The normalized spacial score (nSPS) is 14.7. The van der Waals surface area contributed by atoms with Crippen molar-refractivity contribution in [2.75, 3.05) is 25.0 Å². The van der Waals surface area contributed by atoms with E-state index in [0.717, 1.165) is 18.5 Å². The topological polar surface area (TPSA) is 61.4 Å². The third-order valence-electron chi connectivity index (χ3n) is 3.56. The van der Waals surface area contributed by atoms with Crippen molar-refractivity contribution in [1.82, 2.24) is 10.2 Å². The van der Waals surface area contributed by atoms with E-state index in [4.69, 9.17) is 0 Å². The number of nitrogens with one attached hydrogen (secondary N) is 2. The van der Waals surface area contributed by atoms with Crippen LogP contribution < -0.4 is 10.6 Å². The summed E-state index contributed by atoms with van der Waals surface area (Å²) in [4.78, 5) is 25.0. The highest BCUT2D eigenvalue weighted by atomic mass is 16.2. The first-order valence-electron chi connectivity index (χ1n) is 7.60. The maximum atomic E-state index is 12.0. The third-order valence-corrected chi connectivity index (χ3v) is 3.56. The Bertz CT molecular complexity index is 485. The van der Waals surface area contributed by atoms with Crippen molar-refractivity contribution in [2.45, 2.75) is 32.6 Å². The fraction of sp³-hybridized carbons (Fsp3) is 0.500. The number of urea groups is 1. The molecule has 1 aliphatic rings. The highest BCUT2D eigenvalue weighted by molar-refractivity contribution is 5.94. The van der Waals surface area contributed by atoms with Crippen LogP contribution in [0.3, 0.4) is 0 Å². The zero-order chi connectivity index (χ0) is 15.1. The molecule has 0 atom stereocenters. The summed E-state index contributed by atoms with van der Waals surface area (Å²) < 4.78 is 0. The Hall–Kier alpha value is -2.04. The molecule has 3 amide bonds. The van der Waals surface area contributed by atoms with Gasteiger partial charge in [0.2, 0.25) is 5.91 Å². The summed E-state index contributed by atoms with van der Waals surface area (Å²) >= 11 is 0. The second-order valence-electron chi connectivity index (χ2n) is 5.36. The zero-order valence-corrected chi connectivity index (χ0v) is 12.5. The summed E-state index contributed by atoms with van der Waals surface area (Å²) in [6.07, 6.45) is 4.30. The van der Waals surface area contributed by atoms with Gasteiger partial charge in [0, 0.05) is 18.8 Å². The van der Waals surface area contributed by atoms with Gasteiger partial charge in [-0.2, -0.15) is 0 Å². The van der Waals surface area contributed by atoms with Gasteiger partial charge in [0.25, 0.3) is 0 Å². The molecule has 114 valence electrons. The molecule has 0 bridgehead atoms. The minimum Gasteiger partial charge on any atom is -0.338 e. The number of hydrogen-bond donors (Lipinski definition) is 2. The molecule has 1 aromatic rings. The highest BCUT2D eigenvalue weighted by Gasteiger charge is 2.19. The molecular formula is C16H23N3O2. The molecule has 1 aromatic carbocycles. The largest absolute Gasteiger partial charge is 0.338 e. The first kappa shape index (κ1) is 15.4. The number of unbranched alkanes of at least 4 members (excludes halogenated alkanes) is 1. The quantitative estimate of drug-likeness (QED) is 0.844. The molecule has 0 unspecified atom stereocenters. The summed E-state index contributed by atoms with van der Waals surface area (Å²) in [5.41, 5.74) is 2.06. The first-order chi connectivity index (χ1) is 10.2. The number of benzene rings is 1. The molecule has 0 radical (unpaired) electrons. The maximum Gasteiger partial charge on any atom is 0.317 e. The minimum absolute atomic E-state index is 0.101. The van der Waals surface area contributed by atoms with Crippen LogP contribution in [-0.2, 0) is 11.2 Å². The Morgan fingerprint density at radius 2 is 2.10 bits per heavy atom. The van der Waals surface area contributed by atoms with E-state index in [1.54, 1.807) is 0 Å². The van der Waals surface area contributed by atoms with Crippen LogP contribution in [0.4, 0.5) is 10.5 Å². The van der Waals surface area contributed by atoms with Gasteiger partial charge in [-0.3, -0.25) is 4.79 Å². The minimum atomic E-state index is -0.161. The van der Waals surface area contributed by atoms with Crippen LogP contribution in [0.1, 0.15) is 31.7 Å². The Morgan fingerprint density at radius 3 is 2.76 bits per heavy atom. The maximum absolute atomic E-state index is 12.0. The van der Waals surface area contributed by atoms with Crippen molar-refractivity contribution in [2.24, 2.45) is 0 Å². The lowest BCUT2D eigenvalue weighted by Crippen LogP contribution is -2.49. The Balaban J connectivity index is 1.83. The van der Waals surface area contributed by atoms with Gasteiger partial charge in [-0.1, -0.05) is 25.5 Å². The molecule has 1 saturated heterocycles. The molecule has 0 saturated carbocycles. The number of hydrogen-bond acceptors (Lipinski definition) is 2. The third kappa shape index (κ3) is 4.77. The number of rotatable bonds is 6. The van der Waals surface area contributed by atoms with E-state index in [1.165, 1.54) is 23.3 Å². The molecule has 1 fully saturated rings. The van der Waals surface area contributed by atoms with Crippen molar-refractivity contribution in [3.05, 3.63) is 29.8 Å². The van der Waals surface area contributed by atoms with E-state index >= 15 is 0 Å². The lowest BCUT2D eigenvalue weighted by atomic mass is 10.1. The standard InChI is InChI=1S/C16H23N3O2/c1-2-3-5-13-6-8-14(9-7-13)18-15(20)12-19-11-4-10-17-16(19)21/h6-9H,2-5,10-12H2,1H3,(H,17,21)(H,18,20). The molecule has 1 heterocycles. The predicted molar refractivity (Wildman–Crippen MR) is 83.3 cm³/mol. The van der Waals surface area contributed by atoms with Crippen LogP contribution in [-0.4, -0.2) is 36.5 Å².